The van der Waals surface area contributed by atoms with Gasteiger partial charge in [0.05, 0.1) is 17.0 Å². The van der Waals surface area contributed by atoms with E-state index in [0.29, 0.717) is 12.2 Å². The second-order valence-corrected chi connectivity index (χ2v) is 6.98. The van der Waals surface area contributed by atoms with Gasteiger partial charge in [-0.1, -0.05) is 6.07 Å². The summed E-state index contributed by atoms with van der Waals surface area (Å²) in [4.78, 5) is 14.5. The molecule has 6 atom stereocenters. The topological polar surface area (TPSA) is 69.8 Å². The van der Waals surface area contributed by atoms with Gasteiger partial charge < -0.3 is 14.9 Å². The van der Waals surface area contributed by atoms with Crippen LogP contribution in [0, 0.1) is 0 Å². The first kappa shape index (κ1) is 10.8. The number of aliphatic hydroxyl groups is 1. The fourth-order valence-corrected chi connectivity index (χ4v) is 5.87. The maximum absolute atomic E-state index is 12.3. The molecular weight excluding hydrogens is 270 g/mol. The highest BCUT2D eigenvalue weighted by Gasteiger charge is 2.90. The molecule has 6 rings (SSSR count). The Hall–Kier alpha value is -1.85. The van der Waals surface area contributed by atoms with Crippen LogP contribution in [-0.2, 0) is 15.7 Å². The average Bonchev–Trinajstić information content (AvgIpc) is 2.76. The Labute approximate surface area is 120 Å². The molecule has 3 unspecified atom stereocenters. The van der Waals surface area contributed by atoms with Crippen LogP contribution < -0.4 is 4.74 Å². The van der Waals surface area contributed by atoms with Crippen molar-refractivity contribution in [3.63, 3.8) is 0 Å². The van der Waals surface area contributed by atoms with E-state index in [1.54, 1.807) is 12.1 Å². The van der Waals surface area contributed by atoms with Crippen molar-refractivity contribution in [2.75, 3.05) is 7.05 Å². The molecule has 1 aromatic carbocycles. The molecule has 1 aromatic rings. The Bertz CT molecular complexity index is 817. The van der Waals surface area contributed by atoms with Crippen LogP contribution in [0.1, 0.15) is 17.5 Å². The fraction of sp³-hybridized carbons (Fsp3) is 0.438. The number of piperidine rings is 1. The zero-order chi connectivity index (χ0) is 14.4. The van der Waals surface area contributed by atoms with Crippen molar-refractivity contribution in [2.45, 2.75) is 35.1 Å². The Kier molecular flexibility index (Phi) is 1.29. The van der Waals surface area contributed by atoms with Crippen LogP contribution in [0.25, 0.3) is 0 Å². The van der Waals surface area contributed by atoms with Crippen molar-refractivity contribution < 1.29 is 19.7 Å². The summed E-state index contributed by atoms with van der Waals surface area (Å²) < 4.78 is 5.82. The van der Waals surface area contributed by atoms with Crippen LogP contribution in [0.5, 0.6) is 11.5 Å². The Morgan fingerprint density at radius 1 is 1.43 bits per heavy atom. The smallest absolute Gasteiger partial charge is 0.196 e. The van der Waals surface area contributed by atoms with Crippen LogP contribution in [0.2, 0.25) is 0 Å². The minimum absolute atomic E-state index is 0.0107. The summed E-state index contributed by atoms with van der Waals surface area (Å²) in [6.07, 6.45) is 3.08. The molecule has 2 heterocycles. The second kappa shape index (κ2) is 2.51. The van der Waals surface area contributed by atoms with E-state index in [9.17, 15) is 15.0 Å². The van der Waals surface area contributed by atoms with E-state index < -0.39 is 17.1 Å². The molecule has 2 spiro atoms. The lowest BCUT2D eigenvalue weighted by atomic mass is 9.62. The van der Waals surface area contributed by atoms with Crippen molar-refractivity contribution in [3.8, 4) is 11.5 Å². The van der Waals surface area contributed by atoms with Crippen LogP contribution in [0.3, 0.4) is 0 Å². The number of nitrogens with zero attached hydrogens (tertiary/aromatic N) is 1. The first-order valence-corrected chi connectivity index (χ1v) is 7.20. The molecule has 21 heavy (non-hydrogen) atoms. The Balaban J connectivity index is 1.82. The van der Waals surface area contributed by atoms with Crippen LogP contribution in [-0.4, -0.2) is 45.7 Å². The highest BCUT2D eigenvalue weighted by atomic mass is 16.5. The molecule has 3 aliphatic carbocycles. The van der Waals surface area contributed by atoms with Gasteiger partial charge in [-0.25, -0.2) is 0 Å². The molecule has 2 fully saturated rings. The lowest BCUT2D eigenvalue weighted by molar-refractivity contribution is -0.130. The number of likely N-dealkylation sites (N-methyl/N-ethyl adjacent to an activating group) is 1. The molecule has 0 aromatic heterocycles. The van der Waals surface area contributed by atoms with Crippen LogP contribution in [0.15, 0.2) is 24.3 Å². The summed E-state index contributed by atoms with van der Waals surface area (Å²) in [6, 6.07) is 3.55. The van der Waals surface area contributed by atoms with Crippen molar-refractivity contribution >= 4 is 5.78 Å². The third-order valence-corrected chi connectivity index (χ3v) is 6.57. The fourth-order valence-electron chi connectivity index (χ4n) is 5.87. The zero-order valence-electron chi connectivity index (χ0n) is 11.3. The number of phenolic OH excluding ortho intramolecular Hbond substituents is 1. The third-order valence-electron chi connectivity index (χ3n) is 6.57. The number of carbonyl (C=O) groups is 1. The Morgan fingerprint density at radius 3 is 3.05 bits per heavy atom. The maximum Gasteiger partial charge on any atom is 0.196 e. The number of hydrogen-bond acceptors (Lipinski definition) is 5. The van der Waals surface area contributed by atoms with Gasteiger partial charge in [0.1, 0.15) is 5.60 Å². The number of aromatic hydroxyl groups is 1. The normalized spacial score (nSPS) is 52.7. The minimum Gasteiger partial charge on any atom is -0.504 e. The highest BCUT2D eigenvalue weighted by molar-refractivity contribution is 6.00. The zero-order valence-corrected chi connectivity index (χ0v) is 11.3. The monoisotopic (exact) mass is 283 g/mol. The molecule has 106 valence electrons. The lowest BCUT2D eigenvalue weighted by Crippen LogP contribution is -2.61. The number of fused-ring (bicyclic) bond motifs is 1. The van der Waals surface area contributed by atoms with Crippen molar-refractivity contribution in [1.29, 1.82) is 0 Å². The number of benzene rings is 1. The lowest BCUT2D eigenvalue weighted by Gasteiger charge is -2.44. The van der Waals surface area contributed by atoms with Gasteiger partial charge in [0, 0.05) is 5.56 Å². The van der Waals surface area contributed by atoms with E-state index >= 15 is 0 Å². The van der Waals surface area contributed by atoms with Gasteiger partial charge in [0.15, 0.2) is 23.4 Å². The van der Waals surface area contributed by atoms with Gasteiger partial charge in [0.25, 0.3) is 0 Å². The summed E-state index contributed by atoms with van der Waals surface area (Å²) in [6.45, 7) is 0. The first-order chi connectivity index (χ1) is 9.98. The largest absolute Gasteiger partial charge is 0.504 e. The molecule has 5 heteroatoms. The molecule has 5 aliphatic rings. The van der Waals surface area contributed by atoms with E-state index in [1.807, 2.05) is 13.1 Å². The van der Waals surface area contributed by atoms with Gasteiger partial charge in [-0.05, 0) is 37.3 Å². The SMILES string of the molecule is CN1[C@@H]2C13C[C@]14c5c3ccc(O)c5OC1C(=O)C=C[C@@]24O. The van der Waals surface area contributed by atoms with E-state index in [0.717, 1.165) is 11.1 Å². The number of ether oxygens (including phenoxy) is 1. The number of phenols is 1. The summed E-state index contributed by atoms with van der Waals surface area (Å²) in [7, 11) is 2.01. The van der Waals surface area contributed by atoms with Gasteiger partial charge in [-0.15, -0.1) is 0 Å². The molecule has 0 radical (unpaired) electrons. The predicted molar refractivity (Wildman–Crippen MR) is 71.1 cm³/mol. The van der Waals surface area contributed by atoms with E-state index in [4.69, 9.17) is 4.74 Å². The molecule has 2 N–H and O–H groups in total. The number of likely N-dealkylation sites (tertiary alicyclic amines) is 1. The van der Waals surface area contributed by atoms with Crippen molar-refractivity contribution in [2.24, 2.45) is 0 Å². The third kappa shape index (κ3) is 0.701. The standard InChI is InChI=1S/C16H13NO4/c1-17-13-15(17)6-14-10-7(15)2-3-8(18)11(10)21-12(14)9(19)4-5-16(13,14)20/h2-5,12-13,18,20H,6H2,1H3/t12?,13-,14+,15?,16-,17?/m1/s1. The first-order valence-electron chi connectivity index (χ1n) is 7.20. The summed E-state index contributed by atoms with van der Waals surface area (Å²) in [5, 5.41) is 21.5. The summed E-state index contributed by atoms with van der Waals surface area (Å²) in [5.74, 6) is 0.322. The molecule has 2 bridgehead atoms. The molecule has 5 nitrogen and oxygen atoms in total. The average molecular weight is 283 g/mol. The van der Waals surface area contributed by atoms with Gasteiger partial charge in [0.2, 0.25) is 0 Å². The number of carbonyl (C=O) groups excluding carboxylic acids is 1. The number of rotatable bonds is 0. The second-order valence-electron chi connectivity index (χ2n) is 6.98. The van der Waals surface area contributed by atoms with Crippen molar-refractivity contribution in [3.05, 3.63) is 35.4 Å². The van der Waals surface area contributed by atoms with Crippen molar-refractivity contribution in [1.82, 2.24) is 4.90 Å². The van der Waals surface area contributed by atoms with Gasteiger partial charge in [-0.2, -0.15) is 0 Å². The summed E-state index contributed by atoms with van der Waals surface area (Å²) >= 11 is 0. The maximum atomic E-state index is 12.3. The van der Waals surface area contributed by atoms with E-state index in [1.165, 1.54) is 6.08 Å². The number of hydrogen-bond donors (Lipinski definition) is 2. The molecular formula is C16H13NO4. The van der Waals surface area contributed by atoms with Gasteiger partial charge in [-0.3, -0.25) is 9.69 Å². The Morgan fingerprint density at radius 2 is 2.24 bits per heavy atom. The predicted octanol–water partition coefficient (Wildman–Crippen LogP) is 0.188. The molecule has 2 aliphatic heterocycles. The van der Waals surface area contributed by atoms with E-state index in [2.05, 4.69) is 4.90 Å². The number of ketones is 1. The molecule has 1 saturated carbocycles. The minimum atomic E-state index is -1.09. The molecule has 0 amide bonds. The van der Waals surface area contributed by atoms with Crippen LogP contribution in [0.4, 0.5) is 0 Å². The summed E-state index contributed by atoms with van der Waals surface area (Å²) in [5.41, 5.74) is -0.0543. The molecule has 1 saturated heterocycles. The highest BCUT2D eigenvalue weighted by Crippen LogP contribution is 2.80. The quantitative estimate of drug-likeness (QED) is 0.665. The van der Waals surface area contributed by atoms with E-state index in [-0.39, 0.29) is 23.1 Å². The van der Waals surface area contributed by atoms with Crippen LogP contribution >= 0.6 is 0 Å². The van der Waals surface area contributed by atoms with Gasteiger partial charge >= 0.3 is 0 Å².